The molecule has 1 aromatic rings. The van der Waals surface area contributed by atoms with Gasteiger partial charge in [-0.15, -0.1) is 0 Å². The third-order valence-electron chi connectivity index (χ3n) is 7.20. The number of hydrogen-bond donors (Lipinski definition) is 0. The first-order chi connectivity index (χ1) is 15.6. The van der Waals surface area contributed by atoms with Gasteiger partial charge >= 0.3 is 0 Å². The first-order valence-electron chi connectivity index (χ1n) is 13.0. The molecule has 1 aromatic carbocycles. The molecule has 192 valence electrons. The monoisotopic (exact) mass is 486 g/mol. The van der Waals surface area contributed by atoms with Gasteiger partial charge < -0.3 is 9.47 Å². The lowest BCUT2D eigenvalue weighted by Gasteiger charge is -2.61. The van der Waals surface area contributed by atoms with E-state index in [1.54, 1.807) is 0 Å². The lowest BCUT2D eigenvalue weighted by Crippen LogP contribution is -2.53. The largest absolute Gasteiger partial charge is 0.500 e. The van der Waals surface area contributed by atoms with Crippen molar-refractivity contribution in [2.45, 2.75) is 104 Å². The van der Waals surface area contributed by atoms with Crippen molar-refractivity contribution in [2.24, 2.45) is 17.8 Å². The van der Waals surface area contributed by atoms with Crippen molar-refractivity contribution < 1.29 is 9.47 Å². The summed E-state index contributed by atoms with van der Waals surface area (Å²) in [5, 5.41) is 0.0516. The van der Waals surface area contributed by atoms with E-state index in [1.165, 1.54) is 16.7 Å². The van der Waals surface area contributed by atoms with Crippen LogP contribution < -0.4 is 0 Å². The van der Waals surface area contributed by atoms with E-state index in [1.807, 2.05) is 14.2 Å². The first kappa shape index (κ1) is 29.0. The summed E-state index contributed by atoms with van der Waals surface area (Å²) in [7, 11) is 3.14. The maximum Gasteiger partial charge on any atom is 0.125 e. The molecule has 0 spiro atoms. The van der Waals surface area contributed by atoms with Crippen LogP contribution in [0.3, 0.4) is 0 Å². The maximum atomic E-state index is 6.61. The molecule has 2 atom stereocenters. The number of ether oxygens (including phenoxy) is 2. The van der Waals surface area contributed by atoms with E-state index in [9.17, 15) is 0 Å². The molecule has 0 N–H and O–H groups in total. The van der Waals surface area contributed by atoms with Crippen LogP contribution in [0, 0.1) is 17.8 Å². The Labute approximate surface area is 212 Å². The lowest BCUT2D eigenvalue weighted by molar-refractivity contribution is 0.181. The summed E-state index contributed by atoms with van der Waals surface area (Å²) >= 11 is 0. The molecule has 0 amide bonds. The van der Waals surface area contributed by atoms with Gasteiger partial charge in [-0.2, -0.15) is 0 Å². The topological polar surface area (TPSA) is 18.5 Å². The van der Waals surface area contributed by atoms with E-state index >= 15 is 0 Å². The third kappa shape index (κ3) is 4.86. The molecule has 0 fully saturated rings. The van der Waals surface area contributed by atoms with Gasteiger partial charge in [0, 0.05) is 11.5 Å². The SMILES string of the molecule is COC1=C(C(C)C)C(c2ccccc2)C(C(C)C)(P(C(C)(C)C)C(C)(C)C)C(OC)=C1C(C)C. The van der Waals surface area contributed by atoms with E-state index in [4.69, 9.17) is 9.47 Å². The highest BCUT2D eigenvalue weighted by Gasteiger charge is 2.62. The smallest absolute Gasteiger partial charge is 0.125 e. The number of benzene rings is 1. The fraction of sp³-hybridized carbons (Fsp3) is 0.677. The van der Waals surface area contributed by atoms with Crippen LogP contribution in [-0.2, 0) is 9.47 Å². The molecule has 0 aromatic heterocycles. The molecule has 2 rings (SSSR count). The highest BCUT2D eigenvalue weighted by Crippen LogP contribution is 2.77. The van der Waals surface area contributed by atoms with Gasteiger partial charge in [0.05, 0.1) is 19.4 Å². The average molecular weight is 487 g/mol. The Balaban J connectivity index is 3.30. The van der Waals surface area contributed by atoms with E-state index < -0.39 is 7.92 Å². The number of methoxy groups -OCH3 is 2. The molecule has 0 saturated carbocycles. The predicted molar refractivity (Wildman–Crippen MR) is 151 cm³/mol. The molecule has 1 aliphatic carbocycles. The Morgan fingerprint density at radius 1 is 0.765 bits per heavy atom. The minimum absolute atomic E-state index is 0.115. The van der Waals surface area contributed by atoms with Gasteiger partial charge in [-0.1, -0.05) is 121 Å². The van der Waals surface area contributed by atoms with E-state index in [2.05, 4.69) is 113 Å². The summed E-state index contributed by atoms with van der Waals surface area (Å²) in [5.41, 5.74) is 4.05. The number of allylic oxidation sites excluding steroid dienone is 3. The van der Waals surface area contributed by atoms with Crippen LogP contribution in [0.1, 0.15) is 94.6 Å². The average Bonchev–Trinajstić information content (AvgIpc) is 2.70. The van der Waals surface area contributed by atoms with E-state index in [-0.39, 0.29) is 21.4 Å². The molecule has 2 nitrogen and oxygen atoms in total. The Morgan fingerprint density at radius 2 is 1.26 bits per heavy atom. The van der Waals surface area contributed by atoms with Crippen LogP contribution in [0.15, 0.2) is 53.0 Å². The van der Waals surface area contributed by atoms with Gasteiger partial charge in [-0.3, -0.25) is 0 Å². The summed E-state index contributed by atoms with van der Waals surface area (Å²) in [6.07, 6.45) is 0. The maximum absolute atomic E-state index is 6.61. The van der Waals surface area contributed by atoms with Crippen molar-refractivity contribution in [1.82, 2.24) is 0 Å². The van der Waals surface area contributed by atoms with Crippen molar-refractivity contribution in [2.75, 3.05) is 14.2 Å². The Morgan fingerprint density at radius 3 is 1.59 bits per heavy atom. The molecular weight excluding hydrogens is 435 g/mol. The fourth-order valence-corrected chi connectivity index (χ4v) is 12.6. The van der Waals surface area contributed by atoms with Gasteiger partial charge in [-0.05, 0) is 39.2 Å². The summed E-state index contributed by atoms with van der Waals surface area (Å²) < 4.78 is 12.9. The van der Waals surface area contributed by atoms with Crippen molar-refractivity contribution in [3.05, 3.63) is 58.6 Å². The van der Waals surface area contributed by atoms with E-state index in [0.717, 1.165) is 11.5 Å². The van der Waals surface area contributed by atoms with Crippen molar-refractivity contribution in [3.63, 3.8) is 0 Å². The van der Waals surface area contributed by atoms with E-state index in [0.29, 0.717) is 17.8 Å². The Hall–Kier alpha value is -1.27. The molecule has 0 saturated heterocycles. The zero-order chi connectivity index (χ0) is 26.2. The fourth-order valence-electron chi connectivity index (χ4n) is 6.87. The number of hydrogen-bond acceptors (Lipinski definition) is 2. The molecule has 34 heavy (non-hydrogen) atoms. The van der Waals surface area contributed by atoms with Crippen LogP contribution in [-0.4, -0.2) is 29.7 Å². The molecule has 0 bridgehead atoms. The second kappa shape index (κ2) is 10.4. The van der Waals surface area contributed by atoms with Gasteiger partial charge in [-0.25, -0.2) is 0 Å². The predicted octanol–water partition coefficient (Wildman–Crippen LogP) is 9.37. The summed E-state index contributed by atoms with van der Waals surface area (Å²) in [4.78, 5) is 0. The minimum Gasteiger partial charge on any atom is -0.500 e. The van der Waals surface area contributed by atoms with Crippen LogP contribution >= 0.6 is 7.92 Å². The molecule has 2 unspecified atom stereocenters. The molecular formula is C31H51O2P. The minimum atomic E-state index is -0.592. The first-order valence-corrected chi connectivity index (χ1v) is 14.3. The quantitative estimate of drug-likeness (QED) is 0.357. The second-order valence-corrected chi connectivity index (χ2v) is 16.8. The normalized spacial score (nSPS) is 22.5. The lowest BCUT2D eigenvalue weighted by atomic mass is 9.65. The van der Waals surface area contributed by atoms with Crippen LogP contribution in [0.5, 0.6) is 0 Å². The molecule has 0 radical (unpaired) electrons. The number of rotatable bonds is 7. The van der Waals surface area contributed by atoms with Gasteiger partial charge in [0.15, 0.2) is 0 Å². The summed E-state index contributed by atoms with van der Waals surface area (Å²) in [5.74, 6) is 3.41. The second-order valence-electron chi connectivity index (χ2n) is 12.7. The Bertz CT molecular complexity index is 880. The summed E-state index contributed by atoms with van der Waals surface area (Å²) in [6.45, 7) is 28.8. The van der Waals surface area contributed by atoms with Gasteiger partial charge in [0.2, 0.25) is 0 Å². The molecule has 3 heteroatoms. The van der Waals surface area contributed by atoms with Crippen LogP contribution in [0.25, 0.3) is 0 Å². The van der Waals surface area contributed by atoms with Crippen molar-refractivity contribution >= 4 is 7.92 Å². The molecule has 1 aliphatic rings. The highest BCUT2D eigenvalue weighted by molar-refractivity contribution is 7.62. The van der Waals surface area contributed by atoms with Crippen LogP contribution in [0.4, 0.5) is 0 Å². The third-order valence-corrected chi connectivity index (χ3v) is 11.6. The highest BCUT2D eigenvalue weighted by atomic mass is 31.1. The zero-order valence-corrected chi connectivity index (χ0v) is 25.4. The van der Waals surface area contributed by atoms with Crippen molar-refractivity contribution in [1.29, 1.82) is 0 Å². The summed E-state index contributed by atoms with van der Waals surface area (Å²) in [6, 6.07) is 11.2. The Kier molecular flexibility index (Phi) is 8.84. The van der Waals surface area contributed by atoms with Crippen molar-refractivity contribution in [3.8, 4) is 0 Å². The van der Waals surface area contributed by atoms with Gasteiger partial charge in [0.25, 0.3) is 0 Å². The van der Waals surface area contributed by atoms with Gasteiger partial charge in [0.1, 0.15) is 11.5 Å². The standard InChI is InChI=1S/C31H51O2P/c1-20(2)24-26(23-18-16-15-17-19-23)31(22(5)6,34(29(7,8)9)30(10,11)12)28(33-14)25(21(3)4)27(24)32-13/h15-22,26H,1-14H3. The molecule has 0 aliphatic heterocycles. The zero-order valence-electron chi connectivity index (χ0n) is 24.5. The van der Waals surface area contributed by atoms with Crippen LogP contribution in [0.2, 0.25) is 0 Å². The molecule has 0 heterocycles.